The van der Waals surface area contributed by atoms with Crippen LogP contribution in [0.5, 0.6) is 0 Å². The maximum atomic E-state index is 10.2. The van der Waals surface area contributed by atoms with Gasteiger partial charge in [0.1, 0.15) is 0 Å². The molecule has 15 heavy (non-hydrogen) atoms. The van der Waals surface area contributed by atoms with Crippen molar-refractivity contribution in [1.82, 2.24) is 0 Å². The van der Waals surface area contributed by atoms with E-state index in [0.29, 0.717) is 11.8 Å². The van der Waals surface area contributed by atoms with Crippen LogP contribution in [0.25, 0.3) is 6.08 Å². The molecular formula is C14H18O. The summed E-state index contributed by atoms with van der Waals surface area (Å²) in [7, 11) is 0. The molecule has 80 valence electrons. The maximum absolute atomic E-state index is 10.2. The van der Waals surface area contributed by atoms with Gasteiger partial charge in [0.2, 0.25) is 0 Å². The molecule has 0 unspecified atom stereocenters. The summed E-state index contributed by atoms with van der Waals surface area (Å²) >= 11 is 0. The van der Waals surface area contributed by atoms with Crippen molar-refractivity contribution >= 4 is 6.08 Å². The first kappa shape index (κ1) is 10.4. The maximum Gasteiger partial charge on any atom is 0.0891 e. The van der Waals surface area contributed by atoms with Gasteiger partial charge in [-0.15, -0.1) is 0 Å². The van der Waals surface area contributed by atoms with E-state index in [-0.39, 0.29) is 0 Å². The van der Waals surface area contributed by atoms with Crippen LogP contribution >= 0.6 is 0 Å². The van der Waals surface area contributed by atoms with Crippen LogP contribution in [0.1, 0.15) is 25.8 Å². The van der Waals surface area contributed by atoms with Gasteiger partial charge in [0.25, 0.3) is 0 Å². The van der Waals surface area contributed by atoms with E-state index in [4.69, 9.17) is 0 Å². The smallest absolute Gasteiger partial charge is 0.0891 e. The first-order valence-corrected chi connectivity index (χ1v) is 5.65. The first-order valence-electron chi connectivity index (χ1n) is 5.65. The molecule has 1 aliphatic rings. The average molecular weight is 202 g/mol. The quantitative estimate of drug-likeness (QED) is 0.798. The van der Waals surface area contributed by atoms with Crippen molar-refractivity contribution in [3.05, 3.63) is 42.0 Å². The second kappa shape index (κ2) is 3.82. The van der Waals surface area contributed by atoms with Gasteiger partial charge in [0, 0.05) is 0 Å². The predicted octanol–water partition coefficient (Wildman–Crippen LogP) is 3.11. The summed E-state index contributed by atoms with van der Waals surface area (Å²) in [6, 6.07) is 10.1. The summed E-state index contributed by atoms with van der Waals surface area (Å²) in [5.41, 5.74) is 0.602. The number of rotatable bonds is 3. The van der Waals surface area contributed by atoms with E-state index in [1.54, 1.807) is 0 Å². The summed E-state index contributed by atoms with van der Waals surface area (Å²) in [5.74, 6) is 0.847. The molecule has 0 heterocycles. The van der Waals surface area contributed by atoms with Crippen LogP contribution in [-0.4, -0.2) is 10.7 Å². The van der Waals surface area contributed by atoms with Crippen LogP contribution in [0, 0.1) is 11.8 Å². The molecule has 0 aromatic heterocycles. The fourth-order valence-corrected chi connectivity index (χ4v) is 2.41. The molecule has 0 spiro atoms. The van der Waals surface area contributed by atoms with E-state index in [1.165, 1.54) is 0 Å². The van der Waals surface area contributed by atoms with Crippen LogP contribution in [0.15, 0.2) is 36.4 Å². The van der Waals surface area contributed by atoms with Crippen molar-refractivity contribution in [2.45, 2.75) is 25.9 Å². The van der Waals surface area contributed by atoms with Crippen molar-refractivity contribution in [1.29, 1.82) is 0 Å². The third-order valence-corrected chi connectivity index (χ3v) is 3.60. The van der Waals surface area contributed by atoms with Gasteiger partial charge in [0.05, 0.1) is 5.60 Å². The van der Waals surface area contributed by atoms with Crippen molar-refractivity contribution < 1.29 is 5.11 Å². The SMILES string of the molecule is CC[C@H]1[C@@H](C)[C@]1(O)/C=C/c1ccccc1. The van der Waals surface area contributed by atoms with E-state index >= 15 is 0 Å². The Morgan fingerprint density at radius 1 is 1.33 bits per heavy atom. The lowest BCUT2D eigenvalue weighted by Gasteiger charge is -2.02. The van der Waals surface area contributed by atoms with E-state index in [0.717, 1.165) is 12.0 Å². The van der Waals surface area contributed by atoms with Gasteiger partial charge in [0.15, 0.2) is 0 Å². The molecule has 1 fully saturated rings. The first-order chi connectivity index (χ1) is 7.18. The highest BCUT2D eigenvalue weighted by Gasteiger charge is 2.57. The summed E-state index contributed by atoms with van der Waals surface area (Å²) in [4.78, 5) is 0. The second-order valence-electron chi connectivity index (χ2n) is 4.43. The minimum absolute atomic E-state index is 0.405. The molecule has 1 aromatic carbocycles. The van der Waals surface area contributed by atoms with Crippen molar-refractivity contribution in [2.75, 3.05) is 0 Å². The average Bonchev–Trinajstić information content (AvgIpc) is 2.80. The Labute approximate surface area is 91.4 Å². The van der Waals surface area contributed by atoms with E-state index in [1.807, 2.05) is 42.5 Å². The highest BCUT2D eigenvalue weighted by molar-refractivity contribution is 5.51. The molecule has 1 N–H and O–H groups in total. The lowest BCUT2D eigenvalue weighted by atomic mass is 10.1. The Balaban J connectivity index is 2.08. The molecule has 0 saturated heterocycles. The van der Waals surface area contributed by atoms with Crippen LogP contribution in [-0.2, 0) is 0 Å². The molecule has 2 rings (SSSR count). The second-order valence-corrected chi connectivity index (χ2v) is 4.43. The van der Waals surface area contributed by atoms with Gasteiger partial charge in [-0.2, -0.15) is 0 Å². The molecule has 1 nitrogen and oxygen atoms in total. The lowest BCUT2D eigenvalue weighted by molar-refractivity contribution is 0.171. The third kappa shape index (κ3) is 1.84. The number of benzene rings is 1. The van der Waals surface area contributed by atoms with Crippen LogP contribution in [0.2, 0.25) is 0 Å². The zero-order valence-corrected chi connectivity index (χ0v) is 9.35. The zero-order valence-electron chi connectivity index (χ0n) is 9.35. The van der Waals surface area contributed by atoms with Crippen molar-refractivity contribution in [3.63, 3.8) is 0 Å². The molecule has 0 bridgehead atoms. The summed E-state index contributed by atoms with van der Waals surface area (Å²) in [6.07, 6.45) is 5.03. The molecule has 0 amide bonds. The molecule has 0 aliphatic heterocycles. The summed E-state index contributed by atoms with van der Waals surface area (Å²) in [6.45, 7) is 4.25. The van der Waals surface area contributed by atoms with Gasteiger partial charge in [-0.25, -0.2) is 0 Å². The Kier molecular flexibility index (Phi) is 2.66. The Hall–Kier alpha value is -1.08. The summed E-state index contributed by atoms with van der Waals surface area (Å²) < 4.78 is 0. The predicted molar refractivity (Wildman–Crippen MR) is 63.4 cm³/mol. The van der Waals surface area contributed by atoms with Crippen molar-refractivity contribution in [3.8, 4) is 0 Å². The minimum Gasteiger partial charge on any atom is -0.385 e. The Bertz CT molecular complexity index is 355. The molecular weight excluding hydrogens is 184 g/mol. The largest absolute Gasteiger partial charge is 0.385 e. The van der Waals surface area contributed by atoms with Gasteiger partial charge in [-0.1, -0.05) is 56.3 Å². The van der Waals surface area contributed by atoms with Gasteiger partial charge >= 0.3 is 0 Å². The van der Waals surface area contributed by atoms with Crippen LogP contribution in [0.4, 0.5) is 0 Å². The third-order valence-electron chi connectivity index (χ3n) is 3.60. The van der Waals surface area contributed by atoms with Gasteiger partial charge in [-0.3, -0.25) is 0 Å². The molecule has 1 aliphatic carbocycles. The fraction of sp³-hybridized carbons (Fsp3) is 0.429. The summed E-state index contributed by atoms with van der Waals surface area (Å²) in [5, 5.41) is 10.2. The molecule has 3 atom stereocenters. The van der Waals surface area contributed by atoms with Crippen LogP contribution in [0.3, 0.4) is 0 Å². The van der Waals surface area contributed by atoms with Crippen molar-refractivity contribution in [2.24, 2.45) is 11.8 Å². The molecule has 1 saturated carbocycles. The Morgan fingerprint density at radius 3 is 2.53 bits per heavy atom. The standard InChI is InChI=1S/C14H18O/c1-3-13-11(2)14(13,15)10-9-12-7-5-4-6-8-12/h4-11,13,15H,3H2,1-2H3/b10-9+/t11-,13+,14-/m1/s1. The van der Waals surface area contributed by atoms with E-state index in [9.17, 15) is 5.11 Å². The highest BCUT2D eigenvalue weighted by Crippen LogP contribution is 2.53. The topological polar surface area (TPSA) is 20.2 Å². The minimum atomic E-state index is -0.551. The zero-order chi connectivity index (χ0) is 10.9. The number of hydrogen-bond acceptors (Lipinski definition) is 1. The molecule has 1 aromatic rings. The normalized spacial score (nSPS) is 34.6. The fourth-order valence-electron chi connectivity index (χ4n) is 2.41. The number of hydrogen-bond donors (Lipinski definition) is 1. The van der Waals surface area contributed by atoms with E-state index in [2.05, 4.69) is 13.8 Å². The molecule has 1 heteroatoms. The number of aliphatic hydroxyl groups is 1. The van der Waals surface area contributed by atoms with Gasteiger partial charge in [-0.05, 0) is 23.8 Å². The van der Waals surface area contributed by atoms with E-state index < -0.39 is 5.60 Å². The highest BCUT2D eigenvalue weighted by atomic mass is 16.3. The van der Waals surface area contributed by atoms with Gasteiger partial charge < -0.3 is 5.11 Å². The van der Waals surface area contributed by atoms with Crippen LogP contribution < -0.4 is 0 Å². The Morgan fingerprint density at radius 2 is 2.00 bits per heavy atom. The molecule has 0 radical (unpaired) electrons. The lowest BCUT2D eigenvalue weighted by Crippen LogP contribution is -2.07. The monoisotopic (exact) mass is 202 g/mol.